The van der Waals surface area contributed by atoms with Gasteiger partial charge < -0.3 is 4.74 Å². The van der Waals surface area contributed by atoms with Gasteiger partial charge in [0.1, 0.15) is 5.75 Å². The number of nitrogens with one attached hydrogen (secondary N) is 1. The number of benzene rings is 2. The second kappa shape index (κ2) is 6.83. The third kappa shape index (κ3) is 3.90. The number of para-hydroxylation sites is 1. The Morgan fingerprint density at radius 1 is 1.04 bits per heavy atom. The SMILES string of the molecule is COc1ccccc1C(=O)NS(=O)(=O)c1ccc(C(C)C)cc1. The molecule has 0 bridgehead atoms. The maximum absolute atomic E-state index is 12.3. The smallest absolute Gasteiger partial charge is 0.268 e. The fraction of sp³-hybridized carbons (Fsp3) is 0.235. The fourth-order valence-electron chi connectivity index (χ4n) is 2.10. The zero-order valence-electron chi connectivity index (χ0n) is 13.2. The Bertz CT molecular complexity index is 796. The number of carbonyl (C=O) groups is 1. The predicted octanol–water partition coefficient (Wildman–Crippen LogP) is 2.94. The molecule has 0 aliphatic rings. The summed E-state index contributed by atoms with van der Waals surface area (Å²) in [6, 6.07) is 12.9. The van der Waals surface area contributed by atoms with Crippen LogP contribution in [0, 0.1) is 0 Å². The Morgan fingerprint density at radius 3 is 2.22 bits per heavy atom. The standard InChI is InChI=1S/C17H19NO4S/c1-12(2)13-8-10-14(11-9-13)23(20,21)18-17(19)15-6-4-5-7-16(15)22-3/h4-12H,1-3H3,(H,18,19). The van der Waals surface area contributed by atoms with Crippen LogP contribution in [0.3, 0.4) is 0 Å². The van der Waals surface area contributed by atoms with Crippen molar-refractivity contribution in [1.82, 2.24) is 4.72 Å². The van der Waals surface area contributed by atoms with Crippen LogP contribution in [0.4, 0.5) is 0 Å². The molecule has 5 nitrogen and oxygen atoms in total. The van der Waals surface area contributed by atoms with Gasteiger partial charge in [-0.15, -0.1) is 0 Å². The number of hydrogen-bond acceptors (Lipinski definition) is 4. The quantitative estimate of drug-likeness (QED) is 0.913. The number of carbonyl (C=O) groups excluding carboxylic acids is 1. The maximum atomic E-state index is 12.3. The molecule has 2 aromatic rings. The van der Waals surface area contributed by atoms with Crippen LogP contribution in [0.1, 0.15) is 35.7 Å². The summed E-state index contributed by atoms with van der Waals surface area (Å²) in [4.78, 5) is 12.3. The van der Waals surface area contributed by atoms with Gasteiger partial charge in [-0.3, -0.25) is 4.79 Å². The van der Waals surface area contributed by atoms with Crippen molar-refractivity contribution in [3.63, 3.8) is 0 Å². The largest absolute Gasteiger partial charge is 0.496 e. The van der Waals surface area contributed by atoms with Gasteiger partial charge in [-0.1, -0.05) is 38.1 Å². The van der Waals surface area contributed by atoms with E-state index < -0.39 is 15.9 Å². The predicted molar refractivity (Wildman–Crippen MR) is 88.2 cm³/mol. The second-order valence-electron chi connectivity index (χ2n) is 5.36. The summed E-state index contributed by atoms with van der Waals surface area (Å²) in [6.07, 6.45) is 0. The lowest BCUT2D eigenvalue weighted by Gasteiger charge is -2.11. The van der Waals surface area contributed by atoms with Gasteiger partial charge in [0.15, 0.2) is 0 Å². The van der Waals surface area contributed by atoms with E-state index in [1.54, 1.807) is 30.3 Å². The molecule has 122 valence electrons. The van der Waals surface area contributed by atoms with Gasteiger partial charge in [0.25, 0.3) is 15.9 Å². The van der Waals surface area contributed by atoms with E-state index in [1.807, 2.05) is 13.8 Å². The lowest BCUT2D eigenvalue weighted by molar-refractivity contribution is 0.0978. The van der Waals surface area contributed by atoms with Crippen molar-refractivity contribution in [2.24, 2.45) is 0 Å². The highest BCUT2D eigenvalue weighted by molar-refractivity contribution is 7.90. The zero-order valence-corrected chi connectivity index (χ0v) is 14.1. The molecule has 23 heavy (non-hydrogen) atoms. The van der Waals surface area contributed by atoms with E-state index in [4.69, 9.17) is 4.74 Å². The number of sulfonamides is 1. The summed E-state index contributed by atoms with van der Waals surface area (Å²) in [5, 5.41) is 0. The highest BCUT2D eigenvalue weighted by Crippen LogP contribution is 2.20. The first-order valence-corrected chi connectivity index (χ1v) is 8.63. The zero-order chi connectivity index (χ0) is 17.0. The van der Waals surface area contributed by atoms with E-state index in [1.165, 1.54) is 25.3 Å². The van der Waals surface area contributed by atoms with Gasteiger partial charge in [0, 0.05) is 0 Å². The normalized spacial score (nSPS) is 11.3. The maximum Gasteiger partial charge on any atom is 0.268 e. The summed E-state index contributed by atoms with van der Waals surface area (Å²) >= 11 is 0. The molecule has 1 amide bonds. The highest BCUT2D eigenvalue weighted by atomic mass is 32.2. The molecule has 2 rings (SSSR count). The van der Waals surface area contributed by atoms with E-state index in [9.17, 15) is 13.2 Å². The minimum atomic E-state index is -3.93. The van der Waals surface area contributed by atoms with Crippen molar-refractivity contribution in [1.29, 1.82) is 0 Å². The van der Waals surface area contributed by atoms with Gasteiger partial charge in [-0.05, 0) is 35.7 Å². The molecule has 0 saturated carbocycles. The third-order valence-electron chi connectivity index (χ3n) is 3.44. The summed E-state index contributed by atoms with van der Waals surface area (Å²) in [7, 11) is -2.51. The lowest BCUT2D eigenvalue weighted by atomic mass is 10.0. The van der Waals surface area contributed by atoms with Crippen molar-refractivity contribution < 1.29 is 17.9 Å². The van der Waals surface area contributed by atoms with Crippen LogP contribution >= 0.6 is 0 Å². The molecule has 0 aliphatic heterocycles. The molecule has 0 fully saturated rings. The van der Waals surface area contributed by atoms with Crippen LogP contribution < -0.4 is 9.46 Å². The molecule has 0 spiro atoms. The number of methoxy groups -OCH3 is 1. The van der Waals surface area contributed by atoms with Gasteiger partial charge in [-0.25, -0.2) is 13.1 Å². The van der Waals surface area contributed by atoms with Crippen molar-refractivity contribution in [2.75, 3.05) is 7.11 Å². The summed E-state index contributed by atoms with van der Waals surface area (Å²) in [5.41, 5.74) is 1.19. The molecule has 0 aliphatic carbocycles. The second-order valence-corrected chi connectivity index (χ2v) is 7.04. The van der Waals surface area contributed by atoms with Crippen LogP contribution in [-0.4, -0.2) is 21.4 Å². The first-order chi connectivity index (χ1) is 10.8. The van der Waals surface area contributed by atoms with E-state index in [-0.39, 0.29) is 10.5 Å². The van der Waals surface area contributed by atoms with Gasteiger partial charge in [-0.2, -0.15) is 0 Å². The highest BCUT2D eigenvalue weighted by Gasteiger charge is 2.20. The number of rotatable bonds is 5. The van der Waals surface area contributed by atoms with Gasteiger partial charge >= 0.3 is 0 Å². The molecule has 6 heteroatoms. The van der Waals surface area contributed by atoms with E-state index >= 15 is 0 Å². The molecular weight excluding hydrogens is 314 g/mol. The monoisotopic (exact) mass is 333 g/mol. The molecule has 0 saturated heterocycles. The minimum absolute atomic E-state index is 0.0464. The Morgan fingerprint density at radius 2 is 1.65 bits per heavy atom. The summed E-state index contributed by atoms with van der Waals surface area (Å²) in [5.74, 6) is -0.110. The molecule has 0 aromatic heterocycles. The third-order valence-corrected chi connectivity index (χ3v) is 4.78. The number of amides is 1. The molecular formula is C17H19NO4S. The summed E-state index contributed by atoms with van der Waals surface area (Å²) in [6.45, 7) is 4.04. The van der Waals surface area contributed by atoms with Crippen LogP contribution in [0.15, 0.2) is 53.4 Å². The average molecular weight is 333 g/mol. The van der Waals surface area contributed by atoms with Gasteiger partial charge in [0.2, 0.25) is 0 Å². The van der Waals surface area contributed by atoms with Crippen LogP contribution in [0.5, 0.6) is 5.75 Å². The summed E-state index contributed by atoms with van der Waals surface area (Å²) < 4.78 is 31.8. The van der Waals surface area contributed by atoms with Crippen LogP contribution in [0.25, 0.3) is 0 Å². The van der Waals surface area contributed by atoms with Crippen molar-refractivity contribution in [3.05, 3.63) is 59.7 Å². The van der Waals surface area contributed by atoms with Crippen LogP contribution in [-0.2, 0) is 10.0 Å². The molecule has 2 aromatic carbocycles. The Balaban J connectivity index is 2.25. The van der Waals surface area contributed by atoms with Crippen molar-refractivity contribution in [3.8, 4) is 5.75 Å². The van der Waals surface area contributed by atoms with E-state index in [0.29, 0.717) is 11.7 Å². The Hall–Kier alpha value is -2.34. The van der Waals surface area contributed by atoms with Crippen molar-refractivity contribution >= 4 is 15.9 Å². The lowest BCUT2D eigenvalue weighted by Crippen LogP contribution is -2.30. The molecule has 0 unspecified atom stereocenters. The Kier molecular flexibility index (Phi) is 5.05. The fourth-order valence-corrected chi connectivity index (χ4v) is 3.07. The topological polar surface area (TPSA) is 72.5 Å². The molecule has 0 atom stereocenters. The number of hydrogen-bond donors (Lipinski definition) is 1. The molecule has 1 N–H and O–H groups in total. The molecule has 0 heterocycles. The van der Waals surface area contributed by atoms with Crippen LogP contribution in [0.2, 0.25) is 0 Å². The molecule has 0 radical (unpaired) electrons. The minimum Gasteiger partial charge on any atom is -0.496 e. The van der Waals surface area contributed by atoms with Crippen molar-refractivity contribution in [2.45, 2.75) is 24.7 Å². The van der Waals surface area contributed by atoms with Gasteiger partial charge in [0.05, 0.1) is 17.6 Å². The first kappa shape index (κ1) is 17.0. The Labute approximate surface area is 136 Å². The average Bonchev–Trinajstić information content (AvgIpc) is 2.54. The van der Waals surface area contributed by atoms with E-state index in [2.05, 4.69) is 4.72 Å². The number of ether oxygens (including phenoxy) is 1. The van der Waals surface area contributed by atoms with E-state index in [0.717, 1.165) is 5.56 Å². The first-order valence-electron chi connectivity index (χ1n) is 7.15.